The van der Waals surface area contributed by atoms with Crippen molar-refractivity contribution in [2.45, 2.75) is 58.2 Å². The van der Waals surface area contributed by atoms with E-state index in [2.05, 4.69) is 4.90 Å². The average Bonchev–Trinajstić information content (AvgIpc) is 2.58. The van der Waals surface area contributed by atoms with Crippen molar-refractivity contribution in [3.63, 3.8) is 0 Å². The van der Waals surface area contributed by atoms with Crippen LogP contribution in [0.15, 0.2) is 12.1 Å². The maximum Gasteiger partial charge on any atom is 0.416 e. The molecule has 0 spiro atoms. The van der Waals surface area contributed by atoms with E-state index in [0.717, 1.165) is 24.1 Å². The van der Waals surface area contributed by atoms with E-state index in [1.54, 1.807) is 11.0 Å². The van der Waals surface area contributed by atoms with Gasteiger partial charge in [0.15, 0.2) is 0 Å². The number of fused-ring (bicyclic) bond motifs is 1. The molecule has 1 aliphatic heterocycles. The first-order valence-corrected chi connectivity index (χ1v) is 9.51. The van der Waals surface area contributed by atoms with E-state index >= 15 is 0 Å². The van der Waals surface area contributed by atoms with Gasteiger partial charge in [-0.15, -0.1) is 0 Å². The van der Waals surface area contributed by atoms with Crippen LogP contribution in [0.25, 0.3) is 0 Å². The van der Waals surface area contributed by atoms with E-state index in [-0.39, 0.29) is 6.09 Å². The molecule has 1 aliphatic carbocycles. The number of ether oxygens (including phenoxy) is 1. The van der Waals surface area contributed by atoms with Crippen molar-refractivity contribution in [1.82, 2.24) is 4.90 Å². The molecule has 0 bridgehead atoms. The second-order valence-corrected chi connectivity index (χ2v) is 8.25. The summed E-state index contributed by atoms with van der Waals surface area (Å²) in [7, 11) is 0. The van der Waals surface area contributed by atoms with Gasteiger partial charge < -0.3 is 14.5 Å². The van der Waals surface area contributed by atoms with E-state index in [0.29, 0.717) is 44.6 Å². The molecule has 7 heteroatoms. The molecule has 0 aromatic heterocycles. The average molecular weight is 384 g/mol. The van der Waals surface area contributed by atoms with Crippen LogP contribution >= 0.6 is 0 Å². The minimum absolute atomic E-state index is 0.336. The number of halogens is 3. The maximum atomic E-state index is 13.4. The quantitative estimate of drug-likeness (QED) is 0.707. The smallest absolute Gasteiger partial charge is 0.416 e. The Kier molecular flexibility index (Phi) is 5.32. The normalized spacial score (nSPS) is 18.3. The molecule has 1 aromatic carbocycles. The van der Waals surface area contributed by atoms with Crippen molar-refractivity contribution in [2.24, 2.45) is 0 Å². The molecule has 1 fully saturated rings. The molecule has 1 saturated heterocycles. The van der Waals surface area contributed by atoms with Crippen molar-refractivity contribution in [1.29, 1.82) is 0 Å². The zero-order valence-electron chi connectivity index (χ0n) is 16.2. The lowest BCUT2D eigenvalue weighted by molar-refractivity contribution is -0.138. The van der Waals surface area contributed by atoms with Gasteiger partial charge in [-0.1, -0.05) is 0 Å². The lowest BCUT2D eigenvalue weighted by Gasteiger charge is -2.38. The molecule has 1 amide bonds. The lowest BCUT2D eigenvalue weighted by atomic mass is 9.86. The SMILES string of the molecule is CC(C)(C)OC(=O)N1CCN(c2ccc(C(F)(F)F)c3c2CCCC3)CC1. The van der Waals surface area contributed by atoms with Crippen LogP contribution < -0.4 is 4.90 Å². The van der Waals surface area contributed by atoms with Gasteiger partial charge in [0.2, 0.25) is 0 Å². The predicted molar refractivity (Wildman–Crippen MR) is 98.1 cm³/mol. The molecule has 0 atom stereocenters. The summed E-state index contributed by atoms with van der Waals surface area (Å²) in [4.78, 5) is 16.0. The number of piperazine rings is 1. The fourth-order valence-corrected chi connectivity index (χ4v) is 3.87. The Morgan fingerprint density at radius 2 is 1.56 bits per heavy atom. The highest BCUT2D eigenvalue weighted by atomic mass is 19.4. The van der Waals surface area contributed by atoms with Gasteiger partial charge in [0, 0.05) is 31.9 Å². The zero-order valence-corrected chi connectivity index (χ0v) is 16.2. The number of carbonyl (C=O) groups excluding carboxylic acids is 1. The molecule has 0 saturated carbocycles. The van der Waals surface area contributed by atoms with E-state index in [9.17, 15) is 18.0 Å². The largest absolute Gasteiger partial charge is 0.444 e. The van der Waals surface area contributed by atoms with Gasteiger partial charge in [0.25, 0.3) is 0 Å². The van der Waals surface area contributed by atoms with Crippen LogP contribution in [-0.4, -0.2) is 42.8 Å². The Bertz CT molecular complexity index is 702. The molecular weight excluding hydrogens is 357 g/mol. The number of hydrogen-bond donors (Lipinski definition) is 0. The van der Waals surface area contributed by atoms with E-state index in [4.69, 9.17) is 4.74 Å². The number of alkyl halides is 3. The molecule has 27 heavy (non-hydrogen) atoms. The number of nitrogens with zero attached hydrogens (tertiary/aromatic N) is 2. The number of carbonyl (C=O) groups is 1. The summed E-state index contributed by atoms with van der Waals surface area (Å²) in [6.45, 7) is 7.68. The Hall–Kier alpha value is -1.92. The molecule has 1 aromatic rings. The standard InChI is InChI=1S/C20H27F3N2O2/c1-19(2,3)27-18(26)25-12-10-24(11-13-25)17-9-8-16(20(21,22)23)14-6-4-5-7-15(14)17/h8-9H,4-7,10-13H2,1-3H3. The molecule has 2 aliphatic rings. The van der Waals surface area contributed by atoms with Gasteiger partial charge in [-0.3, -0.25) is 0 Å². The number of anilines is 1. The van der Waals surface area contributed by atoms with Crippen molar-refractivity contribution >= 4 is 11.8 Å². The summed E-state index contributed by atoms with van der Waals surface area (Å²) in [6.07, 6.45) is -1.77. The van der Waals surface area contributed by atoms with Crippen LogP contribution in [0.2, 0.25) is 0 Å². The van der Waals surface area contributed by atoms with E-state index in [1.165, 1.54) is 6.07 Å². The molecular formula is C20H27F3N2O2. The Balaban J connectivity index is 1.76. The summed E-state index contributed by atoms with van der Waals surface area (Å²) in [5.74, 6) is 0. The van der Waals surface area contributed by atoms with Crippen molar-refractivity contribution < 1.29 is 22.7 Å². The van der Waals surface area contributed by atoms with Gasteiger partial charge in [0.05, 0.1) is 5.56 Å². The number of hydrogen-bond acceptors (Lipinski definition) is 3. The first-order valence-electron chi connectivity index (χ1n) is 9.51. The van der Waals surface area contributed by atoms with Crippen LogP contribution in [0.4, 0.5) is 23.7 Å². The third-order valence-electron chi connectivity index (χ3n) is 5.09. The fourth-order valence-electron chi connectivity index (χ4n) is 3.87. The second-order valence-electron chi connectivity index (χ2n) is 8.25. The van der Waals surface area contributed by atoms with Crippen molar-refractivity contribution in [2.75, 3.05) is 31.1 Å². The molecule has 4 nitrogen and oxygen atoms in total. The molecule has 1 heterocycles. The van der Waals surface area contributed by atoms with Gasteiger partial charge in [-0.05, 0) is 69.7 Å². The summed E-state index contributed by atoms with van der Waals surface area (Å²) in [6, 6.07) is 2.83. The van der Waals surface area contributed by atoms with Gasteiger partial charge in [-0.25, -0.2) is 4.79 Å². The van der Waals surface area contributed by atoms with E-state index < -0.39 is 17.3 Å². The highest BCUT2D eigenvalue weighted by molar-refractivity contribution is 5.69. The lowest BCUT2D eigenvalue weighted by Crippen LogP contribution is -2.50. The second kappa shape index (κ2) is 7.24. The minimum atomic E-state index is -4.31. The zero-order chi connectivity index (χ0) is 19.8. The molecule has 150 valence electrons. The summed E-state index contributed by atoms with van der Waals surface area (Å²) < 4.78 is 45.5. The Morgan fingerprint density at radius 1 is 0.963 bits per heavy atom. The van der Waals surface area contributed by atoms with Crippen molar-refractivity contribution in [3.8, 4) is 0 Å². The van der Waals surface area contributed by atoms with Gasteiger partial charge in [0.1, 0.15) is 5.60 Å². The van der Waals surface area contributed by atoms with Crippen LogP contribution in [0, 0.1) is 0 Å². The van der Waals surface area contributed by atoms with Crippen molar-refractivity contribution in [3.05, 3.63) is 28.8 Å². The Morgan fingerprint density at radius 3 is 2.11 bits per heavy atom. The Labute approximate surface area is 158 Å². The highest BCUT2D eigenvalue weighted by Gasteiger charge is 2.36. The third-order valence-corrected chi connectivity index (χ3v) is 5.09. The molecule has 0 radical (unpaired) electrons. The number of amides is 1. The first-order chi connectivity index (χ1) is 12.6. The van der Waals surface area contributed by atoms with Gasteiger partial charge in [-0.2, -0.15) is 13.2 Å². The number of rotatable bonds is 1. The van der Waals surface area contributed by atoms with Crippen LogP contribution in [0.5, 0.6) is 0 Å². The topological polar surface area (TPSA) is 32.8 Å². The maximum absolute atomic E-state index is 13.4. The molecule has 0 unspecified atom stereocenters. The monoisotopic (exact) mass is 384 g/mol. The van der Waals surface area contributed by atoms with E-state index in [1.807, 2.05) is 20.8 Å². The minimum Gasteiger partial charge on any atom is -0.444 e. The predicted octanol–water partition coefficient (Wildman–Crippen LogP) is 4.64. The van der Waals surface area contributed by atoms with Crippen LogP contribution in [-0.2, 0) is 23.8 Å². The highest BCUT2D eigenvalue weighted by Crippen LogP contribution is 2.40. The molecule has 3 rings (SSSR count). The number of benzene rings is 1. The third kappa shape index (κ3) is 4.50. The van der Waals surface area contributed by atoms with Crippen LogP contribution in [0.1, 0.15) is 50.3 Å². The fraction of sp³-hybridized carbons (Fsp3) is 0.650. The summed E-state index contributed by atoms with van der Waals surface area (Å²) in [5.41, 5.74) is 1.15. The van der Waals surface area contributed by atoms with Gasteiger partial charge >= 0.3 is 12.3 Å². The molecule has 0 N–H and O–H groups in total. The van der Waals surface area contributed by atoms with Crippen LogP contribution in [0.3, 0.4) is 0 Å². The first kappa shape index (κ1) is 19.8. The summed E-state index contributed by atoms with van der Waals surface area (Å²) in [5, 5.41) is 0. The summed E-state index contributed by atoms with van der Waals surface area (Å²) >= 11 is 0.